The predicted octanol–water partition coefficient (Wildman–Crippen LogP) is 2.59. The molecule has 0 aliphatic rings. The summed E-state index contributed by atoms with van der Waals surface area (Å²) < 4.78 is 0. The van der Waals surface area contributed by atoms with Gasteiger partial charge in [0.25, 0.3) is 5.91 Å². The summed E-state index contributed by atoms with van der Waals surface area (Å²) in [7, 11) is 0. The number of pyridine rings is 1. The van der Waals surface area contributed by atoms with Crippen molar-refractivity contribution in [1.82, 2.24) is 9.88 Å². The Bertz CT molecular complexity index is 596. The summed E-state index contributed by atoms with van der Waals surface area (Å²) in [6, 6.07) is 13.6. The highest BCUT2D eigenvalue weighted by Crippen LogP contribution is 2.13. The van der Waals surface area contributed by atoms with Gasteiger partial charge in [0.05, 0.1) is 5.69 Å². The van der Waals surface area contributed by atoms with E-state index in [1.54, 1.807) is 18.3 Å². The average Bonchev–Trinajstić information content (AvgIpc) is 2.52. The van der Waals surface area contributed by atoms with Crippen LogP contribution in [0.3, 0.4) is 0 Å². The first-order chi connectivity index (χ1) is 10.1. The Kier molecular flexibility index (Phi) is 5.06. The summed E-state index contributed by atoms with van der Waals surface area (Å²) in [6.45, 7) is 4.97. The molecule has 0 aliphatic carbocycles. The molecule has 2 N–H and O–H groups in total. The van der Waals surface area contributed by atoms with Crippen LogP contribution in [-0.2, 0) is 13.1 Å². The molecule has 2 aromatic rings. The fraction of sp³-hybridized carbons (Fsp3) is 0.294. The van der Waals surface area contributed by atoms with Gasteiger partial charge in [0.15, 0.2) is 0 Å². The molecule has 0 unspecified atom stereocenters. The zero-order chi connectivity index (χ0) is 15.2. The minimum absolute atomic E-state index is 0.00551. The van der Waals surface area contributed by atoms with E-state index >= 15 is 0 Å². The molecule has 4 nitrogen and oxygen atoms in total. The third-order valence-electron chi connectivity index (χ3n) is 3.35. The van der Waals surface area contributed by atoms with E-state index in [-0.39, 0.29) is 11.9 Å². The largest absolute Gasteiger partial charge is 0.332 e. The maximum absolute atomic E-state index is 12.7. The van der Waals surface area contributed by atoms with Gasteiger partial charge >= 0.3 is 0 Å². The summed E-state index contributed by atoms with van der Waals surface area (Å²) in [5.41, 5.74) is 8.07. The van der Waals surface area contributed by atoms with Crippen molar-refractivity contribution in [2.24, 2.45) is 5.73 Å². The monoisotopic (exact) mass is 283 g/mol. The van der Waals surface area contributed by atoms with Crippen LogP contribution in [0.2, 0.25) is 0 Å². The normalized spacial score (nSPS) is 10.7. The van der Waals surface area contributed by atoms with E-state index in [2.05, 4.69) is 4.98 Å². The lowest BCUT2D eigenvalue weighted by atomic mass is 10.1. The number of nitrogens with zero attached hydrogens (tertiary/aromatic N) is 2. The molecule has 0 saturated carbocycles. The van der Waals surface area contributed by atoms with Crippen LogP contribution in [0, 0.1) is 0 Å². The second-order valence-electron chi connectivity index (χ2n) is 5.25. The fourth-order valence-corrected chi connectivity index (χ4v) is 2.16. The minimum atomic E-state index is 0.00551. The summed E-state index contributed by atoms with van der Waals surface area (Å²) in [5, 5.41) is 0. The lowest BCUT2D eigenvalue weighted by Crippen LogP contribution is -2.36. The minimum Gasteiger partial charge on any atom is -0.332 e. The number of benzene rings is 1. The van der Waals surface area contributed by atoms with E-state index in [0.717, 1.165) is 11.3 Å². The highest BCUT2D eigenvalue weighted by molar-refractivity contribution is 5.94. The van der Waals surface area contributed by atoms with Crippen molar-refractivity contribution >= 4 is 5.91 Å². The molecule has 1 aromatic heterocycles. The molecule has 0 saturated heterocycles. The summed E-state index contributed by atoms with van der Waals surface area (Å²) in [4.78, 5) is 18.7. The van der Waals surface area contributed by atoms with E-state index in [4.69, 9.17) is 5.73 Å². The van der Waals surface area contributed by atoms with Crippen LogP contribution in [-0.4, -0.2) is 21.8 Å². The topological polar surface area (TPSA) is 59.2 Å². The molecular formula is C17H21N3O. The van der Waals surface area contributed by atoms with Gasteiger partial charge < -0.3 is 10.6 Å². The van der Waals surface area contributed by atoms with E-state index in [1.807, 2.05) is 49.1 Å². The van der Waals surface area contributed by atoms with Gasteiger partial charge in [-0.3, -0.25) is 9.78 Å². The van der Waals surface area contributed by atoms with Crippen molar-refractivity contribution in [2.75, 3.05) is 0 Å². The highest BCUT2D eigenvalue weighted by Gasteiger charge is 2.19. The second-order valence-corrected chi connectivity index (χ2v) is 5.25. The number of hydrogen-bond donors (Lipinski definition) is 1. The number of carbonyl (C=O) groups is 1. The molecule has 21 heavy (non-hydrogen) atoms. The predicted molar refractivity (Wildman–Crippen MR) is 83.6 cm³/mol. The Morgan fingerprint density at radius 2 is 1.95 bits per heavy atom. The Hall–Kier alpha value is -2.20. The first-order valence-corrected chi connectivity index (χ1v) is 7.11. The summed E-state index contributed by atoms with van der Waals surface area (Å²) >= 11 is 0. The molecule has 110 valence electrons. The SMILES string of the molecule is CC(C)N(Cc1ccccc1)C(=O)c1ccnc(CN)c1. The van der Waals surface area contributed by atoms with Crippen LogP contribution in [0.15, 0.2) is 48.7 Å². The van der Waals surface area contributed by atoms with Crippen LogP contribution in [0.1, 0.15) is 35.5 Å². The van der Waals surface area contributed by atoms with Crippen LogP contribution in [0.5, 0.6) is 0 Å². The molecule has 0 aliphatic heterocycles. The molecule has 0 fully saturated rings. The Balaban J connectivity index is 2.23. The van der Waals surface area contributed by atoms with Gasteiger partial charge in [0, 0.05) is 30.9 Å². The quantitative estimate of drug-likeness (QED) is 0.917. The number of aromatic nitrogens is 1. The Labute approximate surface area is 125 Å². The number of carbonyl (C=O) groups excluding carboxylic acids is 1. The lowest BCUT2D eigenvalue weighted by Gasteiger charge is -2.27. The van der Waals surface area contributed by atoms with Crippen molar-refractivity contribution in [2.45, 2.75) is 33.0 Å². The molecule has 0 radical (unpaired) electrons. The smallest absolute Gasteiger partial charge is 0.254 e. The third kappa shape index (κ3) is 3.89. The van der Waals surface area contributed by atoms with Crippen molar-refractivity contribution in [3.63, 3.8) is 0 Å². The second kappa shape index (κ2) is 6.99. The fourth-order valence-electron chi connectivity index (χ4n) is 2.16. The van der Waals surface area contributed by atoms with Gasteiger partial charge in [-0.1, -0.05) is 30.3 Å². The maximum atomic E-state index is 12.7. The number of rotatable bonds is 5. The van der Waals surface area contributed by atoms with Crippen molar-refractivity contribution < 1.29 is 4.79 Å². The molecular weight excluding hydrogens is 262 g/mol. The van der Waals surface area contributed by atoms with E-state index in [0.29, 0.717) is 18.7 Å². The highest BCUT2D eigenvalue weighted by atomic mass is 16.2. The van der Waals surface area contributed by atoms with Crippen molar-refractivity contribution in [3.8, 4) is 0 Å². The van der Waals surface area contributed by atoms with Gasteiger partial charge in [-0.25, -0.2) is 0 Å². The number of nitrogens with two attached hydrogens (primary N) is 1. The van der Waals surface area contributed by atoms with Gasteiger partial charge in [-0.05, 0) is 31.5 Å². The molecule has 0 atom stereocenters. The lowest BCUT2D eigenvalue weighted by molar-refractivity contribution is 0.0690. The molecule has 4 heteroatoms. The zero-order valence-corrected chi connectivity index (χ0v) is 12.5. The average molecular weight is 283 g/mol. The Morgan fingerprint density at radius 3 is 2.57 bits per heavy atom. The van der Waals surface area contributed by atoms with E-state index in [9.17, 15) is 4.79 Å². The summed E-state index contributed by atoms with van der Waals surface area (Å²) in [6.07, 6.45) is 1.64. The maximum Gasteiger partial charge on any atom is 0.254 e. The van der Waals surface area contributed by atoms with Crippen LogP contribution < -0.4 is 5.73 Å². The first kappa shape index (κ1) is 15.2. The van der Waals surface area contributed by atoms with Gasteiger partial charge in [-0.2, -0.15) is 0 Å². The molecule has 1 aromatic carbocycles. The van der Waals surface area contributed by atoms with Crippen LogP contribution in [0.4, 0.5) is 0 Å². The van der Waals surface area contributed by atoms with Crippen LogP contribution in [0.25, 0.3) is 0 Å². The Morgan fingerprint density at radius 1 is 1.24 bits per heavy atom. The molecule has 1 amide bonds. The molecule has 0 spiro atoms. The van der Waals surface area contributed by atoms with Gasteiger partial charge in [0.2, 0.25) is 0 Å². The van der Waals surface area contributed by atoms with Crippen molar-refractivity contribution in [3.05, 3.63) is 65.5 Å². The third-order valence-corrected chi connectivity index (χ3v) is 3.35. The van der Waals surface area contributed by atoms with E-state index in [1.165, 1.54) is 0 Å². The summed E-state index contributed by atoms with van der Waals surface area (Å²) in [5.74, 6) is 0.00551. The number of amides is 1. The first-order valence-electron chi connectivity index (χ1n) is 7.11. The molecule has 0 bridgehead atoms. The van der Waals surface area contributed by atoms with Gasteiger partial charge in [0.1, 0.15) is 0 Å². The van der Waals surface area contributed by atoms with Gasteiger partial charge in [-0.15, -0.1) is 0 Å². The molecule has 2 rings (SSSR count). The van der Waals surface area contributed by atoms with Crippen molar-refractivity contribution in [1.29, 1.82) is 0 Å². The van der Waals surface area contributed by atoms with E-state index < -0.39 is 0 Å². The standard InChI is InChI=1S/C17H21N3O/c1-13(2)20(12-14-6-4-3-5-7-14)17(21)15-8-9-19-16(10-15)11-18/h3-10,13H,11-12,18H2,1-2H3. The van der Waals surface area contributed by atoms with Crippen LogP contribution >= 0.6 is 0 Å². The zero-order valence-electron chi connectivity index (χ0n) is 12.5. The molecule has 1 heterocycles. The number of hydrogen-bond acceptors (Lipinski definition) is 3.